The molecule has 7 atom stereocenters. The molecule has 63 heavy (non-hydrogen) atoms. The van der Waals surface area contributed by atoms with Crippen molar-refractivity contribution in [1.82, 2.24) is 42.5 Å². The van der Waals surface area contributed by atoms with Crippen LogP contribution < -0.4 is 48.3 Å². The van der Waals surface area contributed by atoms with Crippen LogP contribution in [0.25, 0.3) is 0 Å². The molecule has 0 aliphatic heterocycles. The van der Waals surface area contributed by atoms with E-state index in [0.29, 0.717) is 0 Å². The van der Waals surface area contributed by atoms with Crippen molar-refractivity contribution in [2.24, 2.45) is 11.7 Å². The van der Waals surface area contributed by atoms with Crippen molar-refractivity contribution in [3.8, 4) is 0 Å². The fourth-order valence-corrected chi connectivity index (χ4v) is 5.83. The molecule has 0 radical (unpaired) electrons. The number of nitrogens with one attached hydrogen (secondary N) is 8. The summed E-state index contributed by atoms with van der Waals surface area (Å²) in [6.07, 6.45) is -1.46. The molecular formula is C35H57N9O17S2. The summed E-state index contributed by atoms with van der Waals surface area (Å²) in [5.41, 5.74) is 5.43. The number of nitrogens with two attached hydrogens (primary N) is 1. The molecule has 0 spiro atoms. The fourth-order valence-electron chi connectivity index (χ4n) is 5.10. The van der Waals surface area contributed by atoms with Gasteiger partial charge in [0.25, 0.3) is 0 Å². The molecule has 0 aliphatic carbocycles. The Kier molecular flexibility index (Phi) is 27.6. The van der Waals surface area contributed by atoms with E-state index in [0.717, 1.165) is 0 Å². The lowest BCUT2D eigenvalue weighted by atomic mass is 10.0. The quantitative estimate of drug-likeness (QED) is 0.0280. The Balaban J connectivity index is 5.75. The Morgan fingerprint density at radius 3 is 1.40 bits per heavy atom. The van der Waals surface area contributed by atoms with E-state index >= 15 is 0 Å². The van der Waals surface area contributed by atoms with Crippen LogP contribution in [0.1, 0.15) is 58.8 Å². The molecule has 0 aromatic rings. The first-order valence-electron chi connectivity index (χ1n) is 19.2. The molecule has 0 rings (SSSR count). The molecule has 356 valence electrons. The van der Waals surface area contributed by atoms with Crippen LogP contribution in [0, 0.1) is 5.92 Å². The molecule has 28 heteroatoms. The number of hydrogen-bond donors (Lipinski definition) is 15. The van der Waals surface area contributed by atoms with Crippen LogP contribution in [0.2, 0.25) is 0 Å². The maximum atomic E-state index is 13.3. The summed E-state index contributed by atoms with van der Waals surface area (Å²) >= 11 is 5.26. The van der Waals surface area contributed by atoms with Gasteiger partial charge in [0.15, 0.2) is 0 Å². The first kappa shape index (κ1) is 57.3. The minimum atomic E-state index is -1.83. The molecule has 0 aromatic heterocycles. The number of amides is 8. The Labute approximate surface area is 370 Å². The number of rotatable bonds is 32. The zero-order valence-corrected chi connectivity index (χ0v) is 36.4. The first-order chi connectivity index (χ1) is 29.4. The summed E-state index contributed by atoms with van der Waals surface area (Å²) in [6, 6.07) is -10.6. The highest BCUT2D eigenvalue weighted by Crippen LogP contribution is 2.08. The van der Waals surface area contributed by atoms with Gasteiger partial charge < -0.3 is 73.8 Å². The van der Waals surface area contributed by atoms with E-state index in [4.69, 9.17) is 21.1 Å². The van der Waals surface area contributed by atoms with Gasteiger partial charge in [-0.25, -0.2) is 4.79 Å². The maximum Gasteiger partial charge on any atom is 0.326 e. The van der Waals surface area contributed by atoms with Crippen molar-refractivity contribution in [1.29, 1.82) is 0 Å². The minimum absolute atomic E-state index is 0.0177. The maximum absolute atomic E-state index is 13.3. The Bertz CT molecular complexity index is 1650. The smallest absolute Gasteiger partial charge is 0.326 e. The first-order valence-corrected chi connectivity index (χ1v) is 21.2. The summed E-state index contributed by atoms with van der Waals surface area (Å²) < 4.78 is 0. The average molecular weight is 940 g/mol. The Morgan fingerprint density at radius 1 is 0.556 bits per heavy atom. The van der Waals surface area contributed by atoms with Crippen molar-refractivity contribution in [2.75, 3.05) is 37.5 Å². The number of hydrogen-bond acceptors (Lipinski definition) is 16. The average Bonchev–Trinajstić information content (AvgIpc) is 3.20. The lowest BCUT2D eigenvalue weighted by Crippen LogP contribution is -2.58. The van der Waals surface area contributed by atoms with Gasteiger partial charge in [-0.05, 0) is 43.6 Å². The number of aliphatic hydroxyl groups excluding tert-OH is 1. The fraction of sp³-hybridized carbons (Fsp3) is 0.657. The van der Waals surface area contributed by atoms with E-state index in [1.165, 1.54) is 11.8 Å². The highest BCUT2D eigenvalue weighted by molar-refractivity contribution is 7.98. The summed E-state index contributed by atoms with van der Waals surface area (Å²) in [5, 5.41) is 63.9. The van der Waals surface area contributed by atoms with Crippen LogP contribution in [-0.4, -0.2) is 176 Å². The van der Waals surface area contributed by atoms with Crippen LogP contribution >= 0.6 is 24.4 Å². The third-order valence-electron chi connectivity index (χ3n) is 8.37. The molecule has 0 unspecified atom stereocenters. The predicted molar refractivity (Wildman–Crippen MR) is 223 cm³/mol. The van der Waals surface area contributed by atoms with Crippen molar-refractivity contribution in [3.05, 3.63) is 0 Å². The highest BCUT2D eigenvalue weighted by Gasteiger charge is 2.32. The van der Waals surface area contributed by atoms with Crippen LogP contribution in [0.5, 0.6) is 0 Å². The number of aliphatic carboxylic acids is 4. The molecule has 15 N–H and O–H groups in total. The van der Waals surface area contributed by atoms with Crippen LogP contribution in [0.3, 0.4) is 0 Å². The molecule has 0 bridgehead atoms. The SMILES string of the molecule is CSCC[C@H](NC(=O)CNC(=O)[C@H](CCC(=O)O)NC(=O)[C@@H](N)CO)C(=O)N[C@@H](CC(=O)O)C(=O)NCC(=O)N[C@@H](CS)C(=O)N[C@@H](CCC(=O)O)C(=O)N[C@@H](CC(C)C)C(=O)O. The molecule has 0 aromatic carbocycles. The highest BCUT2D eigenvalue weighted by atomic mass is 32.2. The van der Waals surface area contributed by atoms with Gasteiger partial charge in [0.2, 0.25) is 47.3 Å². The molecular weight excluding hydrogens is 883 g/mol. The largest absolute Gasteiger partial charge is 0.481 e. The lowest BCUT2D eigenvalue weighted by Gasteiger charge is -2.24. The van der Waals surface area contributed by atoms with Gasteiger partial charge in [0.1, 0.15) is 42.3 Å². The van der Waals surface area contributed by atoms with Crippen molar-refractivity contribution in [2.45, 2.75) is 101 Å². The number of carbonyl (C=O) groups is 12. The third kappa shape index (κ3) is 24.5. The zero-order valence-electron chi connectivity index (χ0n) is 34.7. The Morgan fingerprint density at radius 2 is 0.968 bits per heavy atom. The van der Waals surface area contributed by atoms with Crippen molar-refractivity contribution >= 4 is 95.5 Å². The van der Waals surface area contributed by atoms with Crippen molar-refractivity contribution < 1.29 is 83.1 Å². The van der Waals surface area contributed by atoms with Gasteiger partial charge in [-0.3, -0.25) is 52.7 Å². The molecule has 0 saturated carbocycles. The van der Waals surface area contributed by atoms with Crippen molar-refractivity contribution in [3.63, 3.8) is 0 Å². The molecule has 8 amide bonds. The predicted octanol–water partition coefficient (Wildman–Crippen LogP) is -5.53. The summed E-state index contributed by atoms with van der Waals surface area (Å²) in [4.78, 5) is 148. The van der Waals surface area contributed by atoms with Gasteiger partial charge in [-0.15, -0.1) is 0 Å². The zero-order chi connectivity index (χ0) is 48.4. The second kappa shape index (κ2) is 30.3. The van der Waals surface area contributed by atoms with Crippen LogP contribution in [0.15, 0.2) is 0 Å². The Hall–Kier alpha value is -5.74. The second-order valence-electron chi connectivity index (χ2n) is 14.1. The van der Waals surface area contributed by atoms with E-state index in [1.54, 1.807) is 20.1 Å². The van der Waals surface area contributed by atoms with Crippen LogP contribution in [-0.2, 0) is 57.5 Å². The monoisotopic (exact) mass is 939 g/mol. The number of thiol groups is 1. The lowest BCUT2D eigenvalue weighted by molar-refractivity contribution is -0.143. The number of aliphatic hydroxyl groups is 1. The minimum Gasteiger partial charge on any atom is -0.481 e. The molecule has 26 nitrogen and oxygen atoms in total. The summed E-state index contributed by atoms with van der Waals surface area (Å²) in [5.74, 6) is -14.2. The number of carboxylic acid groups (broad SMARTS) is 4. The topological polar surface area (TPSA) is 428 Å². The number of carbonyl (C=O) groups excluding carboxylic acids is 8. The van der Waals surface area contributed by atoms with Gasteiger partial charge in [0.05, 0.1) is 26.1 Å². The van der Waals surface area contributed by atoms with Gasteiger partial charge in [-0.1, -0.05) is 13.8 Å². The van der Waals surface area contributed by atoms with E-state index in [2.05, 4.69) is 55.2 Å². The standard InChI is InChI=1S/C35H57N9O17S2/c1-16(2)10-22(35(60)61)44-32(57)19(5-7-27(50)51)42-34(59)23(15-62)40-25(47)13-38-31(56)21(11-28(52)53)43-33(58)20(8-9-63-3)39-24(46)12-37-30(55)18(4-6-26(48)49)41-29(54)17(36)14-45/h16-23,45,62H,4-15,36H2,1-3H3,(H,37,55)(H,38,56)(H,39,46)(H,40,47)(H,41,54)(H,42,59)(H,43,58)(H,44,57)(H,48,49)(H,50,51)(H,52,53)(H,60,61)/t17-,18-,19-,20-,21-,22-,23-/m0/s1. The van der Waals surface area contributed by atoms with Gasteiger partial charge in [0, 0.05) is 18.6 Å². The van der Waals surface area contributed by atoms with Gasteiger partial charge in [-0.2, -0.15) is 24.4 Å². The molecule has 0 heterocycles. The van der Waals surface area contributed by atoms with Gasteiger partial charge >= 0.3 is 23.9 Å². The van der Waals surface area contributed by atoms with E-state index in [-0.39, 0.29) is 24.5 Å². The molecule has 0 aliphatic rings. The molecule has 0 fully saturated rings. The van der Waals surface area contributed by atoms with E-state index in [1.807, 2.05) is 0 Å². The number of thioether (sulfide) groups is 1. The third-order valence-corrected chi connectivity index (χ3v) is 9.38. The summed E-state index contributed by atoms with van der Waals surface area (Å²) in [6.45, 7) is 0.925. The second-order valence-corrected chi connectivity index (χ2v) is 15.5. The van der Waals surface area contributed by atoms with E-state index in [9.17, 15) is 67.7 Å². The normalized spacial score (nSPS) is 14.1. The van der Waals surface area contributed by atoms with E-state index < -0.39 is 171 Å². The number of carboxylic acids is 4. The van der Waals surface area contributed by atoms with Crippen LogP contribution in [0.4, 0.5) is 0 Å². The summed E-state index contributed by atoms with van der Waals surface area (Å²) in [7, 11) is 0. The molecule has 0 saturated heterocycles.